The number of imide groups is 1. The molecule has 1 saturated heterocycles. The van der Waals surface area contributed by atoms with Gasteiger partial charge in [-0.05, 0) is 42.0 Å². The molecule has 9 heteroatoms. The number of carbonyl (C=O) groups is 4. The quantitative estimate of drug-likeness (QED) is 0.496. The van der Waals surface area contributed by atoms with E-state index in [4.69, 9.17) is 14.2 Å². The summed E-state index contributed by atoms with van der Waals surface area (Å²) in [7, 11) is 4.28. The Bertz CT molecular complexity index is 1020. The zero-order chi connectivity index (χ0) is 23.3. The summed E-state index contributed by atoms with van der Waals surface area (Å²) in [6.07, 6.45) is 0.274. The molecule has 1 N–H and O–H groups in total. The third-order valence-corrected chi connectivity index (χ3v) is 5.15. The van der Waals surface area contributed by atoms with Crippen molar-refractivity contribution in [3.63, 3.8) is 0 Å². The fraction of sp³-hybridized carbons (Fsp3) is 0.304. The second kappa shape index (κ2) is 9.95. The molecule has 32 heavy (non-hydrogen) atoms. The van der Waals surface area contributed by atoms with Crippen molar-refractivity contribution in [1.82, 2.24) is 5.32 Å². The van der Waals surface area contributed by atoms with Crippen molar-refractivity contribution >= 4 is 29.4 Å². The zero-order valence-electron chi connectivity index (χ0n) is 18.0. The van der Waals surface area contributed by atoms with Crippen LogP contribution in [0.4, 0.5) is 5.69 Å². The van der Waals surface area contributed by atoms with Crippen LogP contribution < -0.4 is 19.7 Å². The normalized spacial score (nSPS) is 14.2. The number of esters is 1. The van der Waals surface area contributed by atoms with Crippen LogP contribution in [0.2, 0.25) is 0 Å². The minimum atomic E-state index is -0.684. The van der Waals surface area contributed by atoms with Crippen molar-refractivity contribution in [1.29, 1.82) is 0 Å². The van der Waals surface area contributed by atoms with Gasteiger partial charge in [0.1, 0.15) is 0 Å². The van der Waals surface area contributed by atoms with E-state index in [9.17, 15) is 19.2 Å². The standard InChI is InChI=1S/C23H24N2O7/c1-30-18-9-6-15(12-19(18)31-2)17(13-22(28)32-3)24-23(29)14-4-7-16(8-5-14)25-20(26)10-11-21(25)27/h4-9,12,17H,10-11,13H2,1-3H3,(H,24,29). The van der Waals surface area contributed by atoms with Crippen LogP contribution in [0.3, 0.4) is 0 Å². The molecule has 1 fully saturated rings. The van der Waals surface area contributed by atoms with Crippen molar-refractivity contribution in [2.75, 3.05) is 26.2 Å². The molecular formula is C23H24N2O7. The van der Waals surface area contributed by atoms with Gasteiger partial charge in [-0.25, -0.2) is 0 Å². The molecule has 9 nitrogen and oxygen atoms in total. The Morgan fingerprint density at radius 1 is 0.938 bits per heavy atom. The zero-order valence-corrected chi connectivity index (χ0v) is 18.0. The van der Waals surface area contributed by atoms with Crippen molar-refractivity contribution < 1.29 is 33.4 Å². The highest BCUT2D eigenvalue weighted by molar-refractivity contribution is 6.19. The van der Waals surface area contributed by atoms with Crippen molar-refractivity contribution in [2.24, 2.45) is 0 Å². The highest BCUT2D eigenvalue weighted by Gasteiger charge is 2.30. The number of anilines is 1. The number of nitrogens with one attached hydrogen (secondary N) is 1. The molecule has 3 amide bonds. The summed E-state index contributed by atoms with van der Waals surface area (Å²) in [5.74, 6) is -0.484. The van der Waals surface area contributed by atoms with Crippen molar-refractivity contribution in [2.45, 2.75) is 25.3 Å². The van der Waals surface area contributed by atoms with Gasteiger partial charge in [-0.2, -0.15) is 0 Å². The van der Waals surface area contributed by atoms with Gasteiger partial charge >= 0.3 is 5.97 Å². The number of amides is 3. The van der Waals surface area contributed by atoms with Crippen LogP contribution >= 0.6 is 0 Å². The lowest BCUT2D eigenvalue weighted by Crippen LogP contribution is -2.31. The summed E-state index contributed by atoms with van der Waals surface area (Å²) >= 11 is 0. The molecule has 0 bridgehead atoms. The number of carbonyl (C=O) groups excluding carboxylic acids is 4. The molecule has 0 aliphatic carbocycles. The second-order valence-corrected chi connectivity index (χ2v) is 7.09. The van der Waals surface area contributed by atoms with Gasteiger partial charge < -0.3 is 19.5 Å². The van der Waals surface area contributed by atoms with E-state index in [0.29, 0.717) is 28.3 Å². The summed E-state index contributed by atoms with van der Waals surface area (Å²) in [6, 6.07) is 10.5. The molecule has 2 aromatic rings. The van der Waals surface area contributed by atoms with Gasteiger partial charge in [-0.1, -0.05) is 6.07 Å². The van der Waals surface area contributed by atoms with Crippen LogP contribution in [0.1, 0.15) is 41.2 Å². The lowest BCUT2D eigenvalue weighted by Gasteiger charge is -2.20. The molecule has 1 unspecified atom stereocenters. The maximum atomic E-state index is 12.9. The van der Waals surface area contributed by atoms with E-state index in [0.717, 1.165) is 4.90 Å². The Labute approximate surface area is 185 Å². The fourth-order valence-corrected chi connectivity index (χ4v) is 3.44. The van der Waals surface area contributed by atoms with E-state index in [1.165, 1.54) is 33.5 Å². The highest BCUT2D eigenvalue weighted by Crippen LogP contribution is 2.31. The van der Waals surface area contributed by atoms with Gasteiger partial charge in [0, 0.05) is 18.4 Å². The molecule has 2 aromatic carbocycles. The van der Waals surface area contributed by atoms with Gasteiger partial charge in [0.15, 0.2) is 11.5 Å². The highest BCUT2D eigenvalue weighted by atomic mass is 16.5. The third-order valence-electron chi connectivity index (χ3n) is 5.15. The minimum Gasteiger partial charge on any atom is -0.493 e. The molecular weight excluding hydrogens is 416 g/mol. The number of hydrogen-bond donors (Lipinski definition) is 1. The van der Waals surface area contributed by atoms with Crippen LogP contribution in [-0.4, -0.2) is 45.0 Å². The smallest absolute Gasteiger partial charge is 0.307 e. The van der Waals surface area contributed by atoms with Crippen molar-refractivity contribution in [3.05, 3.63) is 53.6 Å². The Morgan fingerprint density at radius 2 is 1.56 bits per heavy atom. The maximum Gasteiger partial charge on any atom is 0.307 e. The summed E-state index contributed by atoms with van der Waals surface area (Å²) < 4.78 is 15.3. The number of nitrogens with zero attached hydrogens (tertiary/aromatic N) is 1. The molecule has 1 aliphatic heterocycles. The average Bonchev–Trinajstić information content (AvgIpc) is 3.15. The predicted octanol–water partition coefficient (Wildman–Crippen LogP) is 2.39. The van der Waals surface area contributed by atoms with Gasteiger partial charge in [-0.3, -0.25) is 24.1 Å². The Hall–Kier alpha value is -3.88. The van der Waals surface area contributed by atoms with Crippen LogP contribution in [0.25, 0.3) is 0 Å². The van der Waals surface area contributed by atoms with E-state index in [1.54, 1.807) is 30.3 Å². The Balaban J connectivity index is 1.81. The molecule has 168 valence electrons. The van der Waals surface area contributed by atoms with E-state index >= 15 is 0 Å². The van der Waals surface area contributed by atoms with E-state index in [-0.39, 0.29) is 31.1 Å². The molecule has 1 atom stereocenters. The fourth-order valence-electron chi connectivity index (χ4n) is 3.44. The Kier molecular flexibility index (Phi) is 7.09. The van der Waals surface area contributed by atoms with Crippen LogP contribution in [-0.2, 0) is 19.1 Å². The predicted molar refractivity (Wildman–Crippen MR) is 115 cm³/mol. The molecule has 1 heterocycles. The molecule has 0 saturated carbocycles. The first-order valence-corrected chi connectivity index (χ1v) is 9.93. The molecule has 1 aliphatic rings. The molecule has 0 spiro atoms. The third kappa shape index (κ3) is 4.88. The molecule has 0 radical (unpaired) electrons. The number of rotatable bonds is 8. The number of ether oxygens (including phenoxy) is 3. The first-order chi connectivity index (χ1) is 15.4. The average molecular weight is 440 g/mol. The van der Waals surface area contributed by atoms with Gasteiger partial charge in [0.05, 0.1) is 39.5 Å². The summed E-state index contributed by atoms with van der Waals surface area (Å²) in [5, 5.41) is 2.83. The number of methoxy groups -OCH3 is 3. The number of hydrogen-bond acceptors (Lipinski definition) is 7. The monoisotopic (exact) mass is 440 g/mol. The maximum absolute atomic E-state index is 12.9. The first kappa shape index (κ1) is 22.8. The van der Waals surface area contributed by atoms with E-state index < -0.39 is 17.9 Å². The van der Waals surface area contributed by atoms with E-state index in [1.807, 2.05) is 0 Å². The van der Waals surface area contributed by atoms with E-state index in [2.05, 4.69) is 5.32 Å². The summed E-state index contributed by atoms with van der Waals surface area (Å²) in [6.45, 7) is 0. The molecule has 3 rings (SSSR count). The van der Waals surface area contributed by atoms with Crippen LogP contribution in [0.15, 0.2) is 42.5 Å². The Morgan fingerprint density at radius 3 is 2.12 bits per heavy atom. The minimum absolute atomic E-state index is 0.0907. The topological polar surface area (TPSA) is 111 Å². The lowest BCUT2D eigenvalue weighted by atomic mass is 10.0. The first-order valence-electron chi connectivity index (χ1n) is 9.93. The van der Waals surface area contributed by atoms with Gasteiger partial charge in [0.2, 0.25) is 11.8 Å². The van der Waals surface area contributed by atoms with Crippen LogP contribution in [0.5, 0.6) is 11.5 Å². The SMILES string of the molecule is COC(=O)CC(NC(=O)c1ccc(N2C(=O)CCC2=O)cc1)c1ccc(OC)c(OC)c1. The number of benzene rings is 2. The second-order valence-electron chi connectivity index (χ2n) is 7.09. The summed E-state index contributed by atoms with van der Waals surface area (Å²) in [4.78, 5) is 49.7. The van der Waals surface area contributed by atoms with Crippen LogP contribution in [0, 0.1) is 0 Å². The summed E-state index contributed by atoms with van der Waals surface area (Å²) in [5.41, 5.74) is 1.36. The largest absolute Gasteiger partial charge is 0.493 e. The van der Waals surface area contributed by atoms with Gasteiger partial charge in [-0.15, -0.1) is 0 Å². The van der Waals surface area contributed by atoms with Gasteiger partial charge in [0.25, 0.3) is 5.91 Å². The molecule has 0 aromatic heterocycles. The van der Waals surface area contributed by atoms with Crippen molar-refractivity contribution in [3.8, 4) is 11.5 Å². The lowest BCUT2D eigenvalue weighted by molar-refractivity contribution is -0.141.